The van der Waals surface area contributed by atoms with E-state index in [2.05, 4.69) is 11.4 Å². The van der Waals surface area contributed by atoms with Gasteiger partial charge in [0.05, 0.1) is 19.8 Å². The number of hydrogen-bond acceptors (Lipinski definition) is 4. The van der Waals surface area contributed by atoms with Crippen LogP contribution in [0.5, 0.6) is 11.5 Å². The van der Waals surface area contributed by atoms with E-state index in [1.165, 1.54) is 6.42 Å². The minimum Gasteiger partial charge on any atom is -0.493 e. The van der Waals surface area contributed by atoms with Gasteiger partial charge in [-0.05, 0) is 25.8 Å². The van der Waals surface area contributed by atoms with Gasteiger partial charge < -0.3 is 19.5 Å². The number of halogens is 1. The van der Waals surface area contributed by atoms with Crippen molar-refractivity contribution in [1.29, 1.82) is 0 Å². The lowest BCUT2D eigenvalue weighted by Crippen LogP contribution is -2.26. The number of para-hydroxylation sites is 1. The van der Waals surface area contributed by atoms with E-state index in [0.29, 0.717) is 12.7 Å². The van der Waals surface area contributed by atoms with Gasteiger partial charge in [-0.1, -0.05) is 12.1 Å². The standard InChI is InChI=1S/C15H23NO3.ClH/c1-3-18-15-12(6-4-8-14(15)17-2)10-16-11-13-7-5-9-19-13;/h4,6,8,13,16H,3,5,7,9-11H2,1-2H3;1H. The second kappa shape index (κ2) is 9.06. The number of ether oxygens (including phenoxy) is 3. The van der Waals surface area contributed by atoms with E-state index in [1.807, 2.05) is 19.1 Å². The van der Waals surface area contributed by atoms with Crippen molar-refractivity contribution in [3.05, 3.63) is 23.8 Å². The molecule has 5 heteroatoms. The van der Waals surface area contributed by atoms with Crippen molar-refractivity contribution in [3.63, 3.8) is 0 Å². The highest BCUT2D eigenvalue weighted by molar-refractivity contribution is 5.85. The van der Waals surface area contributed by atoms with Crippen molar-refractivity contribution < 1.29 is 14.2 Å². The summed E-state index contributed by atoms with van der Waals surface area (Å²) in [6, 6.07) is 5.98. The summed E-state index contributed by atoms with van der Waals surface area (Å²) < 4.78 is 16.6. The molecule has 114 valence electrons. The quantitative estimate of drug-likeness (QED) is 0.840. The summed E-state index contributed by atoms with van der Waals surface area (Å²) in [7, 11) is 1.67. The summed E-state index contributed by atoms with van der Waals surface area (Å²) in [5, 5.41) is 3.43. The van der Waals surface area contributed by atoms with E-state index >= 15 is 0 Å². The molecule has 4 nitrogen and oxygen atoms in total. The van der Waals surface area contributed by atoms with Crippen LogP contribution >= 0.6 is 12.4 Å². The van der Waals surface area contributed by atoms with Gasteiger partial charge in [0.1, 0.15) is 0 Å². The van der Waals surface area contributed by atoms with E-state index in [4.69, 9.17) is 14.2 Å². The minimum absolute atomic E-state index is 0. The van der Waals surface area contributed by atoms with Crippen molar-refractivity contribution in [1.82, 2.24) is 5.32 Å². The average Bonchev–Trinajstić information content (AvgIpc) is 2.94. The van der Waals surface area contributed by atoms with Gasteiger partial charge in [0.15, 0.2) is 11.5 Å². The van der Waals surface area contributed by atoms with Gasteiger partial charge in [-0.2, -0.15) is 0 Å². The summed E-state index contributed by atoms with van der Waals surface area (Å²) in [6.45, 7) is 5.18. The van der Waals surface area contributed by atoms with E-state index in [1.54, 1.807) is 7.11 Å². The molecule has 1 unspecified atom stereocenters. The fraction of sp³-hybridized carbons (Fsp3) is 0.600. The van der Waals surface area contributed by atoms with Crippen LogP contribution in [-0.4, -0.2) is 33.0 Å². The predicted molar refractivity (Wildman–Crippen MR) is 82.1 cm³/mol. The van der Waals surface area contributed by atoms with Gasteiger partial charge in [0, 0.05) is 25.3 Å². The Morgan fingerprint density at radius 3 is 2.90 bits per heavy atom. The topological polar surface area (TPSA) is 39.7 Å². The molecule has 0 radical (unpaired) electrons. The first-order chi connectivity index (χ1) is 9.35. The Labute approximate surface area is 127 Å². The SMILES string of the molecule is CCOc1c(CNCC2CCCO2)cccc1OC.Cl. The van der Waals surface area contributed by atoms with Crippen LogP contribution in [0.15, 0.2) is 18.2 Å². The molecule has 1 aliphatic heterocycles. The van der Waals surface area contributed by atoms with Crippen LogP contribution in [0, 0.1) is 0 Å². The highest BCUT2D eigenvalue weighted by atomic mass is 35.5. The maximum absolute atomic E-state index is 5.69. The minimum atomic E-state index is 0. The van der Waals surface area contributed by atoms with Crippen molar-refractivity contribution >= 4 is 12.4 Å². The van der Waals surface area contributed by atoms with Crippen molar-refractivity contribution in [3.8, 4) is 11.5 Å². The number of hydrogen-bond donors (Lipinski definition) is 1. The number of methoxy groups -OCH3 is 1. The third kappa shape index (κ3) is 4.54. The van der Waals surface area contributed by atoms with Crippen LogP contribution in [0.25, 0.3) is 0 Å². The van der Waals surface area contributed by atoms with Crippen LogP contribution in [0.1, 0.15) is 25.3 Å². The average molecular weight is 302 g/mol. The lowest BCUT2D eigenvalue weighted by molar-refractivity contribution is 0.110. The Morgan fingerprint density at radius 1 is 1.40 bits per heavy atom. The van der Waals surface area contributed by atoms with E-state index < -0.39 is 0 Å². The monoisotopic (exact) mass is 301 g/mol. The summed E-state index contributed by atoms with van der Waals surface area (Å²) in [6.07, 6.45) is 2.69. The molecule has 0 saturated carbocycles. The second-order valence-corrected chi connectivity index (χ2v) is 4.65. The Bertz CT molecular complexity index is 395. The molecule has 0 spiro atoms. The Kier molecular flexibility index (Phi) is 7.73. The summed E-state index contributed by atoms with van der Waals surface area (Å²) in [4.78, 5) is 0. The number of nitrogens with one attached hydrogen (secondary N) is 1. The van der Waals surface area contributed by atoms with Crippen molar-refractivity contribution in [2.24, 2.45) is 0 Å². The van der Waals surface area contributed by atoms with Crippen LogP contribution < -0.4 is 14.8 Å². The Hall–Kier alpha value is -0.970. The van der Waals surface area contributed by atoms with E-state index in [-0.39, 0.29) is 12.4 Å². The molecule has 0 aliphatic carbocycles. The molecule has 0 bridgehead atoms. The zero-order valence-corrected chi connectivity index (χ0v) is 13.0. The molecule has 1 heterocycles. The van der Waals surface area contributed by atoms with Crippen LogP contribution in [0.3, 0.4) is 0 Å². The molecular weight excluding hydrogens is 278 g/mol. The first kappa shape index (κ1) is 17.1. The highest BCUT2D eigenvalue weighted by Gasteiger charge is 2.15. The lowest BCUT2D eigenvalue weighted by Gasteiger charge is -2.15. The molecule has 1 aromatic rings. The normalized spacial score (nSPS) is 17.6. The first-order valence-corrected chi connectivity index (χ1v) is 6.96. The predicted octanol–water partition coefficient (Wildman–Crippen LogP) is 2.78. The first-order valence-electron chi connectivity index (χ1n) is 6.96. The van der Waals surface area contributed by atoms with Gasteiger partial charge in [-0.25, -0.2) is 0 Å². The van der Waals surface area contributed by atoms with Gasteiger partial charge >= 0.3 is 0 Å². The third-order valence-corrected chi connectivity index (χ3v) is 3.28. The lowest BCUT2D eigenvalue weighted by atomic mass is 10.1. The maximum atomic E-state index is 5.69. The fourth-order valence-electron chi connectivity index (χ4n) is 2.34. The zero-order chi connectivity index (χ0) is 13.5. The molecule has 1 fully saturated rings. The van der Waals surface area contributed by atoms with E-state index in [9.17, 15) is 0 Å². The van der Waals surface area contributed by atoms with Crippen molar-refractivity contribution in [2.75, 3.05) is 26.9 Å². The number of benzene rings is 1. The largest absolute Gasteiger partial charge is 0.493 e. The van der Waals surface area contributed by atoms with Gasteiger partial charge in [0.2, 0.25) is 0 Å². The van der Waals surface area contributed by atoms with Crippen LogP contribution in [0.4, 0.5) is 0 Å². The highest BCUT2D eigenvalue weighted by Crippen LogP contribution is 2.31. The van der Waals surface area contributed by atoms with Crippen LogP contribution in [-0.2, 0) is 11.3 Å². The van der Waals surface area contributed by atoms with Gasteiger partial charge in [0.25, 0.3) is 0 Å². The fourth-order valence-corrected chi connectivity index (χ4v) is 2.34. The molecule has 1 saturated heterocycles. The second-order valence-electron chi connectivity index (χ2n) is 4.65. The summed E-state index contributed by atoms with van der Waals surface area (Å²) in [5.41, 5.74) is 1.12. The van der Waals surface area contributed by atoms with Gasteiger partial charge in [-0.3, -0.25) is 0 Å². The molecule has 1 N–H and O–H groups in total. The zero-order valence-electron chi connectivity index (χ0n) is 12.2. The van der Waals surface area contributed by atoms with Crippen molar-refractivity contribution in [2.45, 2.75) is 32.4 Å². The Balaban J connectivity index is 0.00000200. The smallest absolute Gasteiger partial charge is 0.165 e. The van der Waals surface area contributed by atoms with E-state index in [0.717, 1.165) is 43.2 Å². The molecule has 0 aromatic heterocycles. The van der Waals surface area contributed by atoms with Gasteiger partial charge in [-0.15, -0.1) is 12.4 Å². The molecule has 1 aromatic carbocycles. The summed E-state index contributed by atoms with van der Waals surface area (Å²) >= 11 is 0. The van der Waals surface area contributed by atoms with Crippen LogP contribution in [0.2, 0.25) is 0 Å². The molecule has 20 heavy (non-hydrogen) atoms. The Morgan fingerprint density at radius 2 is 2.25 bits per heavy atom. The number of rotatable bonds is 7. The maximum Gasteiger partial charge on any atom is 0.165 e. The molecule has 0 amide bonds. The molecule has 2 rings (SSSR count). The molecule has 1 aliphatic rings. The molecule has 1 atom stereocenters. The molecular formula is C15H24ClNO3. The summed E-state index contributed by atoms with van der Waals surface area (Å²) in [5.74, 6) is 1.63. The third-order valence-electron chi connectivity index (χ3n) is 3.28.